The third-order valence-electron chi connectivity index (χ3n) is 5.18. The fourth-order valence-corrected chi connectivity index (χ4v) is 3.59. The fraction of sp³-hybridized carbons (Fsp3) is 0.500. The highest BCUT2D eigenvalue weighted by Gasteiger charge is 2.34. The van der Waals surface area contributed by atoms with Gasteiger partial charge in [0.15, 0.2) is 0 Å². The van der Waals surface area contributed by atoms with Crippen molar-refractivity contribution >= 4 is 23.6 Å². The van der Waals surface area contributed by atoms with E-state index in [9.17, 15) is 19.2 Å². The Bertz CT molecular complexity index is 718. The number of piperidine rings is 1. The fourth-order valence-electron chi connectivity index (χ4n) is 3.59. The van der Waals surface area contributed by atoms with Gasteiger partial charge in [-0.05, 0) is 31.4 Å². The number of fused-ring (bicyclic) bond motifs is 1. The summed E-state index contributed by atoms with van der Waals surface area (Å²) in [6.45, 7) is 3.32. The van der Waals surface area contributed by atoms with Gasteiger partial charge in [-0.1, -0.05) is 19.1 Å². The minimum atomic E-state index is -0.282. The molecular weight excluding hydrogens is 346 g/mol. The Labute approximate surface area is 158 Å². The summed E-state index contributed by atoms with van der Waals surface area (Å²) in [6.07, 6.45) is 2.75. The number of likely N-dealkylation sites (tertiary alicyclic amines) is 1. The molecule has 1 saturated heterocycles. The molecule has 0 bridgehead atoms. The first-order chi connectivity index (χ1) is 13.0. The molecule has 0 radical (unpaired) electrons. The number of hydrogen-bond donors (Lipinski definition) is 1. The number of nitrogens with one attached hydrogen (secondary N) is 1. The minimum absolute atomic E-state index is 0.0341. The molecule has 4 amide bonds. The zero-order chi connectivity index (χ0) is 19.4. The Hall–Kier alpha value is -2.70. The molecule has 0 aliphatic carbocycles. The molecule has 1 aromatic carbocycles. The number of hydrogen-bond acceptors (Lipinski definition) is 4. The van der Waals surface area contributed by atoms with Gasteiger partial charge in [0.25, 0.3) is 11.8 Å². The molecule has 27 heavy (non-hydrogen) atoms. The maximum absolute atomic E-state index is 12.4. The van der Waals surface area contributed by atoms with E-state index in [-0.39, 0.29) is 36.2 Å². The van der Waals surface area contributed by atoms with Crippen LogP contribution < -0.4 is 5.32 Å². The van der Waals surface area contributed by atoms with Crippen LogP contribution in [0.15, 0.2) is 24.3 Å². The van der Waals surface area contributed by atoms with Crippen LogP contribution in [0.5, 0.6) is 0 Å². The molecule has 7 heteroatoms. The summed E-state index contributed by atoms with van der Waals surface area (Å²) in [4.78, 5) is 51.5. The van der Waals surface area contributed by atoms with Crippen LogP contribution in [0.4, 0.5) is 0 Å². The second-order valence-corrected chi connectivity index (χ2v) is 6.99. The van der Waals surface area contributed by atoms with E-state index in [1.165, 1.54) is 4.90 Å². The summed E-state index contributed by atoms with van der Waals surface area (Å²) >= 11 is 0. The van der Waals surface area contributed by atoms with Gasteiger partial charge in [-0.15, -0.1) is 0 Å². The lowest BCUT2D eigenvalue weighted by Crippen LogP contribution is -2.46. The van der Waals surface area contributed by atoms with E-state index < -0.39 is 0 Å². The zero-order valence-corrected chi connectivity index (χ0v) is 15.6. The Morgan fingerprint density at radius 2 is 1.67 bits per heavy atom. The number of rotatable bonds is 6. The summed E-state index contributed by atoms with van der Waals surface area (Å²) < 4.78 is 0. The van der Waals surface area contributed by atoms with E-state index in [1.807, 2.05) is 6.92 Å². The van der Waals surface area contributed by atoms with E-state index in [0.29, 0.717) is 43.5 Å². The van der Waals surface area contributed by atoms with Crippen molar-refractivity contribution in [3.8, 4) is 0 Å². The molecule has 2 aliphatic heterocycles. The molecule has 144 valence electrons. The standard InChI is InChI=1S/C20H25N3O4/c1-2-17(24)21-14-9-12-22(13-10-14)18(25)8-5-11-23-19(26)15-6-3-4-7-16(15)20(23)27/h3-4,6-7,14H,2,5,8-13H2,1H3,(H,21,24). The Morgan fingerprint density at radius 3 is 2.22 bits per heavy atom. The highest BCUT2D eigenvalue weighted by atomic mass is 16.2. The van der Waals surface area contributed by atoms with Crippen molar-refractivity contribution in [2.45, 2.75) is 45.1 Å². The maximum atomic E-state index is 12.4. The van der Waals surface area contributed by atoms with Crippen molar-refractivity contribution in [3.05, 3.63) is 35.4 Å². The summed E-state index contributed by atoms with van der Waals surface area (Å²) in [5.41, 5.74) is 0.870. The monoisotopic (exact) mass is 371 g/mol. The highest BCUT2D eigenvalue weighted by molar-refractivity contribution is 6.21. The third-order valence-corrected chi connectivity index (χ3v) is 5.18. The molecule has 2 heterocycles. The van der Waals surface area contributed by atoms with Gasteiger partial charge in [0.1, 0.15) is 0 Å². The zero-order valence-electron chi connectivity index (χ0n) is 15.6. The van der Waals surface area contributed by atoms with Crippen LogP contribution in [0.25, 0.3) is 0 Å². The average molecular weight is 371 g/mol. The number of imide groups is 1. The van der Waals surface area contributed by atoms with Gasteiger partial charge >= 0.3 is 0 Å². The second kappa shape index (κ2) is 8.33. The molecule has 0 spiro atoms. The van der Waals surface area contributed by atoms with Crippen LogP contribution in [0, 0.1) is 0 Å². The second-order valence-electron chi connectivity index (χ2n) is 6.99. The number of nitrogens with zero attached hydrogens (tertiary/aromatic N) is 2. The molecule has 2 aliphatic rings. The maximum Gasteiger partial charge on any atom is 0.261 e. The lowest BCUT2D eigenvalue weighted by molar-refractivity contribution is -0.132. The number of benzene rings is 1. The van der Waals surface area contributed by atoms with Crippen molar-refractivity contribution in [2.24, 2.45) is 0 Å². The molecular formula is C20H25N3O4. The molecule has 0 aromatic heterocycles. The molecule has 1 fully saturated rings. The Morgan fingerprint density at radius 1 is 1.07 bits per heavy atom. The predicted molar refractivity (Wildman–Crippen MR) is 99.1 cm³/mol. The molecule has 1 aromatic rings. The quantitative estimate of drug-likeness (QED) is 0.769. The first-order valence-corrected chi connectivity index (χ1v) is 9.53. The van der Waals surface area contributed by atoms with Gasteiger partial charge in [-0.25, -0.2) is 0 Å². The number of carbonyl (C=O) groups is 4. The summed E-state index contributed by atoms with van der Waals surface area (Å²) in [6, 6.07) is 6.93. The smallest absolute Gasteiger partial charge is 0.261 e. The van der Waals surface area contributed by atoms with Gasteiger partial charge in [-0.2, -0.15) is 0 Å². The normalized spacial score (nSPS) is 17.2. The SMILES string of the molecule is CCC(=O)NC1CCN(C(=O)CCCN2C(=O)c3ccccc3C2=O)CC1. The Kier molecular flexibility index (Phi) is 5.88. The van der Waals surface area contributed by atoms with Crippen LogP contribution in [0.2, 0.25) is 0 Å². The van der Waals surface area contributed by atoms with Gasteiger partial charge in [-0.3, -0.25) is 24.1 Å². The van der Waals surface area contributed by atoms with Crippen LogP contribution in [0.1, 0.15) is 59.7 Å². The molecule has 3 rings (SSSR count). The largest absolute Gasteiger partial charge is 0.353 e. The average Bonchev–Trinajstić information content (AvgIpc) is 2.93. The van der Waals surface area contributed by atoms with Crippen molar-refractivity contribution in [2.75, 3.05) is 19.6 Å². The summed E-state index contributed by atoms with van der Waals surface area (Å²) in [7, 11) is 0. The van der Waals surface area contributed by atoms with Crippen LogP contribution in [-0.2, 0) is 9.59 Å². The van der Waals surface area contributed by atoms with Crippen molar-refractivity contribution in [1.82, 2.24) is 15.1 Å². The molecule has 0 unspecified atom stereocenters. The van der Waals surface area contributed by atoms with Gasteiger partial charge in [0.2, 0.25) is 11.8 Å². The van der Waals surface area contributed by atoms with Crippen LogP contribution in [0.3, 0.4) is 0 Å². The molecule has 1 N–H and O–H groups in total. The first kappa shape index (κ1) is 19.1. The minimum Gasteiger partial charge on any atom is -0.353 e. The van der Waals surface area contributed by atoms with Gasteiger partial charge in [0, 0.05) is 38.5 Å². The molecule has 0 atom stereocenters. The van der Waals surface area contributed by atoms with E-state index in [2.05, 4.69) is 5.32 Å². The number of carbonyl (C=O) groups excluding carboxylic acids is 4. The summed E-state index contributed by atoms with van der Waals surface area (Å²) in [5, 5.41) is 2.97. The van der Waals surface area contributed by atoms with E-state index >= 15 is 0 Å². The van der Waals surface area contributed by atoms with E-state index in [0.717, 1.165) is 12.8 Å². The number of amides is 4. The van der Waals surface area contributed by atoms with Crippen LogP contribution in [-0.4, -0.2) is 59.1 Å². The van der Waals surface area contributed by atoms with Crippen LogP contribution >= 0.6 is 0 Å². The first-order valence-electron chi connectivity index (χ1n) is 9.53. The Balaban J connectivity index is 1.43. The molecule has 0 saturated carbocycles. The lowest BCUT2D eigenvalue weighted by Gasteiger charge is -2.32. The molecule has 7 nitrogen and oxygen atoms in total. The van der Waals surface area contributed by atoms with Crippen molar-refractivity contribution in [1.29, 1.82) is 0 Å². The van der Waals surface area contributed by atoms with E-state index in [4.69, 9.17) is 0 Å². The summed E-state index contributed by atoms with van der Waals surface area (Å²) in [5.74, 6) is -0.487. The van der Waals surface area contributed by atoms with Crippen molar-refractivity contribution < 1.29 is 19.2 Å². The van der Waals surface area contributed by atoms with Crippen molar-refractivity contribution in [3.63, 3.8) is 0 Å². The lowest BCUT2D eigenvalue weighted by atomic mass is 10.0. The third kappa shape index (κ3) is 4.18. The van der Waals surface area contributed by atoms with Gasteiger partial charge < -0.3 is 10.2 Å². The highest BCUT2D eigenvalue weighted by Crippen LogP contribution is 2.22. The van der Waals surface area contributed by atoms with Gasteiger partial charge in [0.05, 0.1) is 11.1 Å². The van der Waals surface area contributed by atoms with E-state index in [1.54, 1.807) is 29.2 Å². The topological polar surface area (TPSA) is 86.8 Å². The predicted octanol–water partition coefficient (Wildman–Crippen LogP) is 1.58.